The quantitative estimate of drug-likeness (QED) is 0.234. The number of ether oxygens (including phenoxy) is 1. The fraction of sp³-hybridized carbons (Fsp3) is 0.192. The van der Waals surface area contributed by atoms with Crippen molar-refractivity contribution >= 4 is 17.4 Å². The molecule has 2 heterocycles. The number of aryl methyl sites for hydroxylation is 1. The Morgan fingerprint density at radius 1 is 1.09 bits per heavy atom. The number of carbonyl (C=O) groups is 2. The lowest BCUT2D eigenvalue weighted by Crippen LogP contribution is -2.31. The average Bonchev–Trinajstić information content (AvgIpc) is 3.45. The number of likely N-dealkylation sites (tertiary alicyclic amines) is 1. The summed E-state index contributed by atoms with van der Waals surface area (Å²) in [6, 6.07) is 15.3. The van der Waals surface area contributed by atoms with Crippen molar-refractivity contribution in [2.24, 2.45) is 0 Å². The molecule has 1 N–H and O–H groups in total. The molecule has 1 fully saturated rings. The van der Waals surface area contributed by atoms with Crippen LogP contribution in [0.15, 0.2) is 91.5 Å². The lowest BCUT2D eigenvalue weighted by atomic mass is 9.95. The number of aliphatic hydroxyl groups is 1. The number of ketones is 1. The van der Waals surface area contributed by atoms with E-state index in [0.29, 0.717) is 37.4 Å². The van der Waals surface area contributed by atoms with E-state index < -0.39 is 17.7 Å². The molecule has 1 aromatic heterocycles. The number of carbonyl (C=O) groups excluding carboxylic acids is 2. The summed E-state index contributed by atoms with van der Waals surface area (Å²) in [5.41, 5.74) is 1.30. The van der Waals surface area contributed by atoms with Crippen LogP contribution < -0.4 is 4.74 Å². The van der Waals surface area contributed by atoms with Crippen LogP contribution in [0.2, 0.25) is 0 Å². The van der Waals surface area contributed by atoms with E-state index in [1.807, 2.05) is 29.0 Å². The Morgan fingerprint density at radius 3 is 2.52 bits per heavy atom. The summed E-state index contributed by atoms with van der Waals surface area (Å²) >= 11 is 0. The molecular weight excluding hydrogens is 418 g/mol. The van der Waals surface area contributed by atoms with E-state index in [1.54, 1.807) is 55.0 Å². The smallest absolute Gasteiger partial charge is 0.295 e. The van der Waals surface area contributed by atoms with E-state index >= 15 is 0 Å². The van der Waals surface area contributed by atoms with E-state index in [0.717, 1.165) is 5.56 Å². The van der Waals surface area contributed by atoms with Gasteiger partial charge < -0.3 is 19.3 Å². The third-order valence-electron chi connectivity index (χ3n) is 5.53. The standard InChI is InChI=1S/C26H25N3O4/c1-2-17-33-21-11-9-19(10-12-21)23-22(24(30)20-7-4-3-5-8-20)25(31)26(32)29(23)15-6-14-28-16-13-27-18-28/h2-5,7-13,16,18,23,30H,1,6,14-15,17H2/b24-22+/t23-/m0/s1. The molecule has 1 aliphatic heterocycles. The summed E-state index contributed by atoms with van der Waals surface area (Å²) < 4.78 is 7.47. The SMILES string of the molecule is C=CCOc1ccc([C@H]2/C(=C(\O)c3ccccc3)C(=O)C(=O)N2CCCn2ccnc2)cc1. The first-order valence-electron chi connectivity index (χ1n) is 10.7. The number of Topliss-reactive ketones (excluding diaryl/α,β-unsaturated/α-hetero) is 1. The van der Waals surface area contributed by atoms with Crippen molar-refractivity contribution in [1.82, 2.24) is 14.5 Å². The Bertz CT molecular complexity index is 1150. The number of aromatic nitrogens is 2. The number of hydrogen-bond donors (Lipinski definition) is 1. The molecule has 1 saturated heterocycles. The van der Waals surface area contributed by atoms with Gasteiger partial charge in [0.05, 0.1) is 17.9 Å². The van der Waals surface area contributed by atoms with Gasteiger partial charge in [0.2, 0.25) is 0 Å². The number of amides is 1. The second kappa shape index (κ2) is 9.99. The molecule has 2 aromatic carbocycles. The molecule has 0 bridgehead atoms. The first-order valence-corrected chi connectivity index (χ1v) is 10.7. The van der Waals surface area contributed by atoms with Gasteiger partial charge >= 0.3 is 0 Å². The zero-order chi connectivity index (χ0) is 23.2. The van der Waals surface area contributed by atoms with Gasteiger partial charge in [0.25, 0.3) is 11.7 Å². The fourth-order valence-corrected chi connectivity index (χ4v) is 3.95. The second-order valence-corrected chi connectivity index (χ2v) is 7.68. The van der Waals surface area contributed by atoms with Crippen LogP contribution >= 0.6 is 0 Å². The molecule has 7 nitrogen and oxygen atoms in total. The number of hydrogen-bond acceptors (Lipinski definition) is 5. The minimum atomic E-state index is -0.693. The minimum absolute atomic E-state index is 0.0913. The Kier molecular flexibility index (Phi) is 6.69. The number of rotatable bonds is 9. The third kappa shape index (κ3) is 4.72. The van der Waals surface area contributed by atoms with E-state index in [2.05, 4.69) is 11.6 Å². The van der Waals surface area contributed by atoms with Crippen LogP contribution in [0.25, 0.3) is 5.76 Å². The highest BCUT2D eigenvalue weighted by Crippen LogP contribution is 2.39. The molecule has 1 amide bonds. The van der Waals surface area contributed by atoms with Crippen molar-refractivity contribution in [3.8, 4) is 5.75 Å². The van der Waals surface area contributed by atoms with Crippen LogP contribution in [0.5, 0.6) is 5.75 Å². The number of nitrogens with zero attached hydrogens (tertiary/aromatic N) is 3. The van der Waals surface area contributed by atoms with Gasteiger partial charge in [-0.05, 0) is 24.1 Å². The zero-order valence-electron chi connectivity index (χ0n) is 18.1. The molecule has 33 heavy (non-hydrogen) atoms. The summed E-state index contributed by atoms with van der Waals surface area (Å²) in [5, 5.41) is 11.0. The molecule has 4 rings (SSSR count). The van der Waals surface area contributed by atoms with Crippen LogP contribution in [-0.4, -0.2) is 44.4 Å². The van der Waals surface area contributed by atoms with E-state index in [4.69, 9.17) is 4.74 Å². The average molecular weight is 444 g/mol. The highest BCUT2D eigenvalue weighted by atomic mass is 16.5. The third-order valence-corrected chi connectivity index (χ3v) is 5.53. The molecule has 1 atom stereocenters. The van der Waals surface area contributed by atoms with Gasteiger partial charge in [-0.3, -0.25) is 9.59 Å². The van der Waals surface area contributed by atoms with Gasteiger partial charge in [-0.1, -0.05) is 55.1 Å². The molecule has 0 radical (unpaired) electrons. The van der Waals surface area contributed by atoms with E-state index in [-0.39, 0.29) is 11.3 Å². The molecule has 3 aromatic rings. The molecule has 7 heteroatoms. The van der Waals surface area contributed by atoms with Gasteiger partial charge in [0.15, 0.2) is 0 Å². The van der Waals surface area contributed by atoms with Crippen molar-refractivity contribution in [2.45, 2.75) is 19.0 Å². The highest BCUT2D eigenvalue weighted by molar-refractivity contribution is 6.46. The van der Waals surface area contributed by atoms with Crippen LogP contribution in [-0.2, 0) is 16.1 Å². The summed E-state index contributed by atoms with van der Waals surface area (Å²) in [5.74, 6) is -0.826. The maximum Gasteiger partial charge on any atom is 0.295 e. The first-order chi connectivity index (χ1) is 16.1. The summed E-state index contributed by atoms with van der Waals surface area (Å²) in [7, 11) is 0. The summed E-state index contributed by atoms with van der Waals surface area (Å²) in [4.78, 5) is 31.6. The van der Waals surface area contributed by atoms with Crippen molar-refractivity contribution in [2.75, 3.05) is 13.2 Å². The minimum Gasteiger partial charge on any atom is -0.507 e. The van der Waals surface area contributed by atoms with Crippen LogP contribution in [0.4, 0.5) is 0 Å². The van der Waals surface area contributed by atoms with E-state index in [9.17, 15) is 14.7 Å². The summed E-state index contributed by atoms with van der Waals surface area (Å²) in [6.07, 6.45) is 7.54. The predicted octanol–water partition coefficient (Wildman–Crippen LogP) is 3.96. The lowest BCUT2D eigenvalue weighted by Gasteiger charge is -2.25. The fourth-order valence-electron chi connectivity index (χ4n) is 3.95. The van der Waals surface area contributed by atoms with Crippen molar-refractivity contribution < 1.29 is 19.4 Å². The second-order valence-electron chi connectivity index (χ2n) is 7.68. The Hall–Kier alpha value is -4.13. The largest absolute Gasteiger partial charge is 0.507 e. The van der Waals surface area contributed by atoms with Crippen molar-refractivity contribution in [3.05, 3.63) is 103 Å². The van der Waals surface area contributed by atoms with Crippen LogP contribution in [0, 0.1) is 0 Å². The molecule has 0 spiro atoms. The number of benzene rings is 2. The van der Waals surface area contributed by atoms with E-state index in [1.165, 1.54) is 4.90 Å². The molecule has 1 aliphatic rings. The van der Waals surface area contributed by atoms with Gasteiger partial charge in [-0.15, -0.1) is 0 Å². The van der Waals surface area contributed by atoms with Gasteiger partial charge in [0, 0.05) is 31.0 Å². The highest BCUT2D eigenvalue weighted by Gasteiger charge is 2.45. The van der Waals surface area contributed by atoms with Crippen molar-refractivity contribution in [3.63, 3.8) is 0 Å². The summed E-state index contributed by atoms with van der Waals surface area (Å²) in [6.45, 7) is 5.03. The molecule has 168 valence electrons. The molecule has 0 aliphatic carbocycles. The Labute approximate surface area is 192 Å². The lowest BCUT2D eigenvalue weighted by molar-refractivity contribution is -0.139. The normalized spacial score (nSPS) is 17.3. The molecule has 0 unspecified atom stereocenters. The Morgan fingerprint density at radius 2 is 1.85 bits per heavy atom. The topological polar surface area (TPSA) is 84.7 Å². The van der Waals surface area contributed by atoms with Gasteiger partial charge in [0.1, 0.15) is 18.1 Å². The maximum atomic E-state index is 13.1. The predicted molar refractivity (Wildman–Crippen MR) is 124 cm³/mol. The van der Waals surface area contributed by atoms with Gasteiger partial charge in [-0.2, -0.15) is 0 Å². The van der Waals surface area contributed by atoms with Crippen LogP contribution in [0.3, 0.4) is 0 Å². The molecular formula is C26H25N3O4. The zero-order valence-corrected chi connectivity index (χ0v) is 18.1. The van der Waals surface area contributed by atoms with Crippen LogP contribution in [0.1, 0.15) is 23.6 Å². The monoisotopic (exact) mass is 443 g/mol. The molecule has 0 saturated carbocycles. The number of imidazole rings is 1. The first kappa shape index (κ1) is 22.1. The maximum absolute atomic E-state index is 13.1. The Balaban J connectivity index is 1.69. The van der Waals surface area contributed by atoms with Gasteiger partial charge in [-0.25, -0.2) is 4.98 Å². The number of aliphatic hydroxyl groups excluding tert-OH is 1. The van der Waals surface area contributed by atoms with Crippen molar-refractivity contribution in [1.29, 1.82) is 0 Å².